The van der Waals surface area contributed by atoms with Gasteiger partial charge in [-0.3, -0.25) is 4.79 Å². The van der Waals surface area contributed by atoms with Crippen LogP contribution in [-0.2, 0) is 4.74 Å². The van der Waals surface area contributed by atoms with Crippen LogP contribution in [0.5, 0.6) is 0 Å². The average Bonchev–Trinajstić information content (AvgIpc) is 3.20. The van der Waals surface area contributed by atoms with Crippen molar-refractivity contribution in [2.75, 3.05) is 32.8 Å². The van der Waals surface area contributed by atoms with Crippen molar-refractivity contribution in [3.05, 3.63) is 11.4 Å². The first-order chi connectivity index (χ1) is 11.6. The Hall–Kier alpha value is -1.47. The smallest absolute Gasteiger partial charge is 0.276 e. The lowest BCUT2D eigenvalue weighted by Crippen LogP contribution is -2.32. The van der Waals surface area contributed by atoms with Crippen molar-refractivity contribution in [3.63, 3.8) is 0 Å². The molecule has 1 atom stereocenters. The molecular formula is C17H29N5O2. The van der Waals surface area contributed by atoms with Crippen LogP contribution in [0.15, 0.2) is 0 Å². The molecule has 0 bridgehead atoms. The quantitative estimate of drug-likeness (QED) is 0.880. The van der Waals surface area contributed by atoms with Gasteiger partial charge in [-0.1, -0.05) is 19.1 Å². The van der Waals surface area contributed by atoms with E-state index in [9.17, 15) is 4.79 Å². The van der Waals surface area contributed by atoms with Crippen molar-refractivity contribution in [2.24, 2.45) is 5.92 Å². The molecule has 24 heavy (non-hydrogen) atoms. The van der Waals surface area contributed by atoms with Gasteiger partial charge in [-0.2, -0.15) is 0 Å². The van der Waals surface area contributed by atoms with Crippen molar-refractivity contribution in [1.29, 1.82) is 0 Å². The molecule has 2 fully saturated rings. The molecule has 134 valence electrons. The Labute approximate surface area is 143 Å². The summed E-state index contributed by atoms with van der Waals surface area (Å²) in [6, 6.07) is 0.348. The van der Waals surface area contributed by atoms with E-state index in [1.165, 1.54) is 0 Å². The number of amides is 1. The highest BCUT2D eigenvalue weighted by atomic mass is 16.5. The van der Waals surface area contributed by atoms with Gasteiger partial charge in [0.2, 0.25) is 0 Å². The van der Waals surface area contributed by atoms with Gasteiger partial charge in [0.15, 0.2) is 5.69 Å². The molecule has 1 aromatic heterocycles. The Morgan fingerprint density at radius 2 is 2.08 bits per heavy atom. The maximum Gasteiger partial charge on any atom is 0.276 e. The summed E-state index contributed by atoms with van der Waals surface area (Å²) in [6.07, 6.45) is 3.12. The number of hydrogen-bond acceptors (Lipinski definition) is 5. The Morgan fingerprint density at radius 3 is 2.79 bits per heavy atom. The number of rotatable bonds is 5. The van der Waals surface area contributed by atoms with Crippen molar-refractivity contribution in [3.8, 4) is 0 Å². The van der Waals surface area contributed by atoms with Gasteiger partial charge in [0.1, 0.15) is 0 Å². The van der Waals surface area contributed by atoms with E-state index in [0.29, 0.717) is 24.2 Å². The molecule has 0 radical (unpaired) electrons. The van der Waals surface area contributed by atoms with Gasteiger partial charge in [-0.25, -0.2) is 4.68 Å². The van der Waals surface area contributed by atoms with E-state index in [4.69, 9.17) is 4.74 Å². The number of hydrogen-bond donors (Lipinski definition) is 1. The molecule has 7 nitrogen and oxygen atoms in total. The van der Waals surface area contributed by atoms with Crippen LogP contribution in [0.3, 0.4) is 0 Å². The first kappa shape index (κ1) is 17.4. The molecule has 1 N–H and O–H groups in total. The van der Waals surface area contributed by atoms with Crippen molar-refractivity contribution >= 4 is 5.91 Å². The van der Waals surface area contributed by atoms with Crippen LogP contribution in [0.2, 0.25) is 0 Å². The number of nitrogens with one attached hydrogen (secondary N) is 1. The van der Waals surface area contributed by atoms with E-state index in [0.717, 1.165) is 51.2 Å². The number of ether oxygens (including phenoxy) is 1. The number of likely N-dealkylation sites (tertiary alicyclic amines) is 1. The molecule has 1 unspecified atom stereocenters. The summed E-state index contributed by atoms with van der Waals surface area (Å²) in [7, 11) is 0. The normalized spacial score (nSPS) is 22.5. The van der Waals surface area contributed by atoms with Crippen molar-refractivity contribution in [1.82, 2.24) is 25.2 Å². The van der Waals surface area contributed by atoms with Gasteiger partial charge >= 0.3 is 0 Å². The molecule has 2 aliphatic heterocycles. The lowest BCUT2D eigenvalue weighted by Gasteiger charge is -2.23. The fourth-order valence-corrected chi connectivity index (χ4v) is 3.46. The fourth-order valence-electron chi connectivity index (χ4n) is 3.46. The van der Waals surface area contributed by atoms with Crippen LogP contribution in [0.4, 0.5) is 0 Å². The van der Waals surface area contributed by atoms with Crippen LogP contribution in [0, 0.1) is 12.8 Å². The fraction of sp³-hybridized carbons (Fsp3) is 0.824. The molecule has 0 aromatic carbocycles. The highest BCUT2D eigenvalue weighted by molar-refractivity contribution is 5.93. The number of carbonyl (C=O) groups excluding carboxylic acids is 1. The van der Waals surface area contributed by atoms with E-state index in [1.807, 2.05) is 16.5 Å². The molecule has 3 heterocycles. The third kappa shape index (κ3) is 3.78. The Morgan fingerprint density at radius 1 is 1.33 bits per heavy atom. The minimum absolute atomic E-state index is 0.0108. The third-order valence-electron chi connectivity index (χ3n) is 4.88. The Balaban J connectivity index is 1.62. The van der Waals surface area contributed by atoms with E-state index in [2.05, 4.69) is 29.5 Å². The highest BCUT2D eigenvalue weighted by Gasteiger charge is 2.31. The summed E-state index contributed by atoms with van der Waals surface area (Å²) in [5.74, 6) is 0.505. The third-order valence-corrected chi connectivity index (χ3v) is 4.88. The van der Waals surface area contributed by atoms with E-state index >= 15 is 0 Å². The van der Waals surface area contributed by atoms with Gasteiger partial charge in [0.05, 0.1) is 17.8 Å². The maximum atomic E-state index is 12.8. The second kappa shape index (κ2) is 7.61. The molecule has 0 aliphatic carbocycles. The van der Waals surface area contributed by atoms with Crippen LogP contribution in [-0.4, -0.2) is 64.7 Å². The number of carbonyl (C=O) groups is 1. The SMILES string of the molecule is Cc1c(C(=O)N2CCC(OCC(C)C)C2)nnn1C1CCNCC1. The van der Waals surface area contributed by atoms with E-state index in [-0.39, 0.29) is 12.0 Å². The number of nitrogens with zero attached hydrogens (tertiary/aromatic N) is 4. The molecule has 0 saturated carbocycles. The van der Waals surface area contributed by atoms with E-state index in [1.54, 1.807) is 0 Å². The van der Waals surface area contributed by atoms with Gasteiger partial charge in [0.25, 0.3) is 5.91 Å². The summed E-state index contributed by atoms with van der Waals surface area (Å²) < 4.78 is 7.81. The second-order valence-electron chi connectivity index (χ2n) is 7.34. The zero-order valence-corrected chi connectivity index (χ0v) is 15.0. The lowest BCUT2D eigenvalue weighted by atomic mass is 10.1. The van der Waals surface area contributed by atoms with Crippen LogP contribution in [0.1, 0.15) is 55.3 Å². The van der Waals surface area contributed by atoms with Crippen molar-refractivity contribution in [2.45, 2.75) is 52.2 Å². The van der Waals surface area contributed by atoms with Gasteiger partial charge in [-0.05, 0) is 45.2 Å². The lowest BCUT2D eigenvalue weighted by molar-refractivity contribution is 0.0395. The molecule has 0 spiro atoms. The van der Waals surface area contributed by atoms with Gasteiger partial charge in [0, 0.05) is 19.7 Å². The molecule has 1 aromatic rings. The van der Waals surface area contributed by atoms with Crippen LogP contribution < -0.4 is 5.32 Å². The zero-order valence-electron chi connectivity index (χ0n) is 15.0. The molecular weight excluding hydrogens is 306 g/mol. The largest absolute Gasteiger partial charge is 0.376 e. The number of piperidine rings is 1. The summed E-state index contributed by atoms with van der Waals surface area (Å²) in [6.45, 7) is 10.4. The highest BCUT2D eigenvalue weighted by Crippen LogP contribution is 2.22. The van der Waals surface area contributed by atoms with Crippen LogP contribution in [0.25, 0.3) is 0 Å². The number of aromatic nitrogens is 3. The predicted molar refractivity (Wildman–Crippen MR) is 91.0 cm³/mol. The molecule has 1 amide bonds. The Kier molecular flexibility index (Phi) is 5.50. The minimum Gasteiger partial charge on any atom is -0.376 e. The van der Waals surface area contributed by atoms with Crippen molar-refractivity contribution < 1.29 is 9.53 Å². The maximum absolute atomic E-state index is 12.8. The topological polar surface area (TPSA) is 72.3 Å². The predicted octanol–water partition coefficient (Wildman–Crippen LogP) is 1.40. The summed E-state index contributed by atoms with van der Waals surface area (Å²) in [4.78, 5) is 14.6. The standard InChI is InChI=1S/C17H29N5O2/c1-12(2)11-24-15-6-9-21(10-15)17(23)16-13(3)22(20-19-16)14-4-7-18-8-5-14/h12,14-15,18H,4-11H2,1-3H3. The monoisotopic (exact) mass is 335 g/mol. The van der Waals surface area contributed by atoms with Gasteiger partial charge < -0.3 is 15.0 Å². The Bertz CT molecular complexity index is 565. The summed E-state index contributed by atoms with van der Waals surface area (Å²) >= 11 is 0. The summed E-state index contributed by atoms with van der Waals surface area (Å²) in [5, 5.41) is 11.8. The average molecular weight is 335 g/mol. The van der Waals surface area contributed by atoms with E-state index < -0.39 is 0 Å². The molecule has 2 saturated heterocycles. The second-order valence-corrected chi connectivity index (χ2v) is 7.34. The molecule has 7 heteroatoms. The van der Waals surface area contributed by atoms with Gasteiger partial charge in [-0.15, -0.1) is 5.10 Å². The van der Waals surface area contributed by atoms with Crippen LogP contribution >= 0.6 is 0 Å². The molecule has 3 rings (SSSR count). The first-order valence-corrected chi connectivity index (χ1v) is 9.09. The minimum atomic E-state index is -0.0108. The molecule has 2 aliphatic rings. The summed E-state index contributed by atoms with van der Waals surface area (Å²) in [5.41, 5.74) is 1.39. The first-order valence-electron chi connectivity index (χ1n) is 9.09. The zero-order chi connectivity index (χ0) is 17.1.